The number of aliphatic hydroxyl groups excluding tert-OH is 1. The van der Waals surface area contributed by atoms with Crippen LogP contribution in [0.2, 0.25) is 0 Å². The molecule has 1 aromatic carbocycles. The standard InChI is InChI=1S/C18H28O2/c1-3-4-5-6-7-8-9-10-15-20-18-13-11-17(12-14-18)16(2)19/h11-14,19H,2-10,15H2,1H3. The number of unbranched alkanes of at least 4 members (excludes halogenated alkanes) is 7. The Hall–Kier alpha value is -1.44. The van der Waals surface area contributed by atoms with Crippen LogP contribution >= 0.6 is 0 Å². The number of hydrogen-bond donors (Lipinski definition) is 1. The third kappa shape index (κ3) is 7.22. The number of rotatable bonds is 11. The van der Waals surface area contributed by atoms with Crippen molar-refractivity contribution in [3.8, 4) is 5.75 Å². The van der Waals surface area contributed by atoms with Gasteiger partial charge in [0, 0.05) is 5.56 Å². The van der Waals surface area contributed by atoms with Crippen molar-refractivity contribution in [1.82, 2.24) is 0 Å². The molecule has 0 spiro atoms. The topological polar surface area (TPSA) is 29.5 Å². The van der Waals surface area contributed by atoms with Gasteiger partial charge in [0.1, 0.15) is 11.5 Å². The fourth-order valence-electron chi connectivity index (χ4n) is 2.17. The molecule has 0 fully saturated rings. The van der Waals surface area contributed by atoms with Gasteiger partial charge in [-0.05, 0) is 30.7 Å². The van der Waals surface area contributed by atoms with E-state index in [1.807, 2.05) is 24.3 Å². The molecule has 0 bridgehead atoms. The predicted octanol–water partition coefficient (Wildman–Crippen LogP) is 5.73. The molecule has 0 aliphatic heterocycles. The summed E-state index contributed by atoms with van der Waals surface area (Å²) in [4.78, 5) is 0. The highest BCUT2D eigenvalue weighted by Gasteiger charge is 1.98. The van der Waals surface area contributed by atoms with Crippen LogP contribution in [-0.2, 0) is 0 Å². The van der Waals surface area contributed by atoms with Crippen molar-refractivity contribution < 1.29 is 9.84 Å². The Balaban J connectivity index is 2.02. The highest BCUT2D eigenvalue weighted by atomic mass is 16.5. The molecule has 20 heavy (non-hydrogen) atoms. The van der Waals surface area contributed by atoms with E-state index in [-0.39, 0.29) is 5.76 Å². The largest absolute Gasteiger partial charge is 0.508 e. The van der Waals surface area contributed by atoms with Crippen molar-refractivity contribution in [3.05, 3.63) is 36.4 Å². The number of ether oxygens (including phenoxy) is 1. The SMILES string of the molecule is C=C(O)c1ccc(OCCCCCCCCCC)cc1. The summed E-state index contributed by atoms with van der Waals surface area (Å²) in [5.74, 6) is 0.956. The van der Waals surface area contributed by atoms with Gasteiger partial charge in [-0.15, -0.1) is 0 Å². The normalized spacial score (nSPS) is 10.4. The van der Waals surface area contributed by atoms with E-state index >= 15 is 0 Å². The summed E-state index contributed by atoms with van der Waals surface area (Å²) >= 11 is 0. The van der Waals surface area contributed by atoms with Gasteiger partial charge >= 0.3 is 0 Å². The Morgan fingerprint density at radius 2 is 1.50 bits per heavy atom. The lowest BCUT2D eigenvalue weighted by Gasteiger charge is -2.07. The van der Waals surface area contributed by atoms with Gasteiger partial charge in [-0.25, -0.2) is 0 Å². The van der Waals surface area contributed by atoms with E-state index in [4.69, 9.17) is 4.74 Å². The zero-order valence-corrected chi connectivity index (χ0v) is 12.7. The van der Waals surface area contributed by atoms with Crippen molar-refractivity contribution in [2.24, 2.45) is 0 Å². The van der Waals surface area contributed by atoms with E-state index in [2.05, 4.69) is 13.5 Å². The Morgan fingerprint density at radius 3 is 2.05 bits per heavy atom. The summed E-state index contributed by atoms with van der Waals surface area (Å²) in [6, 6.07) is 7.40. The molecule has 0 saturated carbocycles. The Bertz CT molecular complexity index is 368. The molecular weight excluding hydrogens is 248 g/mol. The molecule has 0 radical (unpaired) electrons. The van der Waals surface area contributed by atoms with E-state index < -0.39 is 0 Å². The predicted molar refractivity (Wildman–Crippen MR) is 86.2 cm³/mol. The van der Waals surface area contributed by atoms with Crippen molar-refractivity contribution in [3.63, 3.8) is 0 Å². The summed E-state index contributed by atoms with van der Waals surface area (Å²) < 4.78 is 5.67. The third-order valence-corrected chi connectivity index (χ3v) is 3.45. The Morgan fingerprint density at radius 1 is 0.950 bits per heavy atom. The lowest BCUT2D eigenvalue weighted by Crippen LogP contribution is -1.97. The Labute approximate surface area is 123 Å². The second kappa shape index (κ2) is 10.4. The van der Waals surface area contributed by atoms with Gasteiger partial charge in [0.15, 0.2) is 0 Å². The van der Waals surface area contributed by atoms with E-state index in [1.54, 1.807) is 0 Å². The smallest absolute Gasteiger partial charge is 0.119 e. The first-order valence-electron chi connectivity index (χ1n) is 7.85. The van der Waals surface area contributed by atoms with E-state index in [9.17, 15) is 5.11 Å². The minimum Gasteiger partial charge on any atom is -0.508 e. The zero-order chi connectivity index (χ0) is 14.6. The van der Waals surface area contributed by atoms with Crippen LogP contribution in [0.25, 0.3) is 5.76 Å². The number of hydrogen-bond acceptors (Lipinski definition) is 2. The van der Waals surface area contributed by atoms with Crippen LogP contribution in [0.3, 0.4) is 0 Å². The summed E-state index contributed by atoms with van der Waals surface area (Å²) in [5.41, 5.74) is 0.740. The second-order valence-electron chi connectivity index (χ2n) is 5.29. The van der Waals surface area contributed by atoms with Crippen LogP contribution in [0, 0.1) is 0 Å². The van der Waals surface area contributed by atoms with Crippen molar-refractivity contribution >= 4 is 5.76 Å². The summed E-state index contributed by atoms with van der Waals surface area (Å²) in [6.07, 6.45) is 10.5. The fourth-order valence-corrected chi connectivity index (χ4v) is 2.17. The average Bonchev–Trinajstić information content (AvgIpc) is 2.46. The minimum atomic E-state index is 0.0969. The quantitative estimate of drug-likeness (QED) is 0.413. The molecule has 0 unspecified atom stereocenters. The lowest BCUT2D eigenvalue weighted by atomic mass is 10.1. The maximum Gasteiger partial charge on any atom is 0.119 e. The lowest BCUT2D eigenvalue weighted by molar-refractivity contribution is 0.304. The van der Waals surface area contributed by atoms with Crippen molar-refractivity contribution in [1.29, 1.82) is 0 Å². The first-order chi connectivity index (χ1) is 9.74. The molecule has 1 aromatic rings. The van der Waals surface area contributed by atoms with Crippen LogP contribution < -0.4 is 4.74 Å². The van der Waals surface area contributed by atoms with Crippen molar-refractivity contribution in [2.75, 3.05) is 6.61 Å². The fraction of sp³-hybridized carbons (Fsp3) is 0.556. The van der Waals surface area contributed by atoms with Gasteiger partial charge in [0.2, 0.25) is 0 Å². The molecule has 0 atom stereocenters. The molecule has 112 valence electrons. The third-order valence-electron chi connectivity index (χ3n) is 3.45. The molecule has 2 nitrogen and oxygen atoms in total. The number of aliphatic hydroxyl groups is 1. The van der Waals surface area contributed by atoms with E-state index in [1.165, 1.54) is 44.9 Å². The maximum absolute atomic E-state index is 9.23. The molecule has 1 rings (SSSR count). The van der Waals surface area contributed by atoms with Gasteiger partial charge in [-0.1, -0.05) is 58.4 Å². The van der Waals surface area contributed by atoms with Gasteiger partial charge in [-0.3, -0.25) is 0 Å². The first-order valence-corrected chi connectivity index (χ1v) is 7.85. The molecule has 0 aliphatic rings. The van der Waals surface area contributed by atoms with Gasteiger partial charge in [0.25, 0.3) is 0 Å². The van der Waals surface area contributed by atoms with Crippen LogP contribution in [0.4, 0.5) is 0 Å². The highest BCUT2D eigenvalue weighted by Crippen LogP contribution is 2.16. The average molecular weight is 276 g/mol. The van der Waals surface area contributed by atoms with Gasteiger partial charge in [0.05, 0.1) is 6.61 Å². The van der Waals surface area contributed by atoms with Crippen LogP contribution in [0.5, 0.6) is 5.75 Å². The monoisotopic (exact) mass is 276 g/mol. The molecule has 0 aromatic heterocycles. The van der Waals surface area contributed by atoms with Crippen LogP contribution in [-0.4, -0.2) is 11.7 Å². The van der Waals surface area contributed by atoms with Crippen LogP contribution in [0.15, 0.2) is 30.8 Å². The maximum atomic E-state index is 9.23. The van der Waals surface area contributed by atoms with Crippen molar-refractivity contribution in [2.45, 2.75) is 58.3 Å². The van der Waals surface area contributed by atoms with E-state index in [0.717, 1.165) is 24.3 Å². The molecular formula is C18H28O2. The molecule has 1 N–H and O–H groups in total. The number of benzene rings is 1. The first kappa shape index (κ1) is 16.6. The molecule has 0 aliphatic carbocycles. The van der Waals surface area contributed by atoms with Gasteiger partial charge < -0.3 is 9.84 Å². The molecule has 2 heteroatoms. The summed E-state index contributed by atoms with van der Waals surface area (Å²) in [7, 11) is 0. The van der Waals surface area contributed by atoms with Gasteiger partial charge in [-0.2, -0.15) is 0 Å². The highest BCUT2D eigenvalue weighted by molar-refractivity contribution is 5.56. The van der Waals surface area contributed by atoms with E-state index in [0.29, 0.717) is 0 Å². The minimum absolute atomic E-state index is 0.0969. The molecule has 0 amide bonds. The second-order valence-corrected chi connectivity index (χ2v) is 5.29. The summed E-state index contributed by atoms with van der Waals surface area (Å²) in [5, 5.41) is 9.23. The Kier molecular flexibility index (Phi) is 8.61. The summed E-state index contributed by atoms with van der Waals surface area (Å²) in [6.45, 7) is 6.51. The van der Waals surface area contributed by atoms with Crippen LogP contribution in [0.1, 0.15) is 63.9 Å². The molecule has 0 saturated heterocycles. The molecule has 0 heterocycles. The zero-order valence-electron chi connectivity index (χ0n) is 12.7.